The lowest BCUT2D eigenvalue weighted by molar-refractivity contribution is -0.139. The number of thioether (sulfide) groups is 1. The first-order valence-corrected chi connectivity index (χ1v) is 8.93. The van der Waals surface area contributed by atoms with Gasteiger partial charge >= 0.3 is 5.97 Å². The minimum absolute atomic E-state index is 0.389. The van der Waals surface area contributed by atoms with Gasteiger partial charge in [0.1, 0.15) is 11.8 Å². The molecule has 0 aliphatic heterocycles. The Morgan fingerprint density at radius 1 is 1.35 bits per heavy atom. The average Bonchev–Trinajstić information content (AvgIpc) is 2.52. The molecule has 0 bridgehead atoms. The van der Waals surface area contributed by atoms with Crippen LogP contribution in [0.25, 0.3) is 0 Å². The highest BCUT2D eigenvalue weighted by Crippen LogP contribution is 2.15. The Labute approximate surface area is 141 Å². The van der Waals surface area contributed by atoms with Gasteiger partial charge in [-0.05, 0) is 42.0 Å². The van der Waals surface area contributed by atoms with E-state index in [-0.39, 0.29) is 0 Å². The molecule has 0 radical (unpaired) electrons. The third-order valence-electron chi connectivity index (χ3n) is 3.04. The number of carbonyl (C=O) groups is 2. The summed E-state index contributed by atoms with van der Waals surface area (Å²) >= 11 is 1.65. The SMILES string of the molecule is CCSCCC(NC(=O)c1cccc(OCC(C)C)c1)C(=O)O. The minimum atomic E-state index is -1.01. The lowest BCUT2D eigenvalue weighted by atomic mass is 10.1. The zero-order chi connectivity index (χ0) is 17.2. The largest absolute Gasteiger partial charge is 0.493 e. The molecule has 1 atom stereocenters. The Balaban J connectivity index is 2.67. The molecule has 1 unspecified atom stereocenters. The van der Waals surface area contributed by atoms with Crippen LogP contribution < -0.4 is 10.1 Å². The van der Waals surface area contributed by atoms with E-state index in [9.17, 15) is 14.7 Å². The Hall–Kier alpha value is -1.69. The highest BCUT2D eigenvalue weighted by Gasteiger charge is 2.20. The summed E-state index contributed by atoms with van der Waals surface area (Å²) in [6, 6.07) is 5.93. The van der Waals surface area contributed by atoms with Crippen LogP contribution in [0, 0.1) is 5.92 Å². The maximum absolute atomic E-state index is 12.2. The van der Waals surface area contributed by atoms with Crippen molar-refractivity contribution in [1.29, 1.82) is 0 Å². The van der Waals surface area contributed by atoms with E-state index in [4.69, 9.17) is 4.74 Å². The van der Waals surface area contributed by atoms with Crippen LogP contribution in [0.1, 0.15) is 37.6 Å². The van der Waals surface area contributed by atoms with E-state index in [1.165, 1.54) is 0 Å². The van der Waals surface area contributed by atoms with Gasteiger partial charge in [-0.3, -0.25) is 4.79 Å². The van der Waals surface area contributed by atoms with Gasteiger partial charge in [-0.15, -0.1) is 0 Å². The molecule has 2 N–H and O–H groups in total. The zero-order valence-electron chi connectivity index (χ0n) is 13.9. The van der Waals surface area contributed by atoms with Crippen LogP contribution in [0.3, 0.4) is 0 Å². The fourth-order valence-electron chi connectivity index (χ4n) is 1.83. The molecule has 5 nitrogen and oxygen atoms in total. The number of carboxylic acids is 1. The van der Waals surface area contributed by atoms with E-state index in [2.05, 4.69) is 5.32 Å². The number of amides is 1. The molecule has 0 aliphatic carbocycles. The molecule has 1 aromatic carbocycles. The van der Waals surface area contributed by atoms with Crippen molar-refractivity contribution in [2.24, 2.45) is 5.92 Å². The number of nitrogens with one attached hydrogen (secondary N) is 1. The number of hydrogen-bond acceptors (Lipinski definition) is 4. The van der Waals surface area contributed by atoms with Gasteiger partial charge < -0.3 is 15.2 Å². The van der Waals surface area contributed by atoms with Crippen molar-refractivity contribution in [2.75, 3.05) is 18.1 Å². The quantitative estimate of drug-likeness (QED) is 0.641. The van der Waals surface area contributed by atoms with Crippen molar-refractivity contribution < 1.29 is 19.4 Å². The highest BCUT2D eigenvalue weighted by molar-refractivity contribution is 7.99. The van der Waals surface area contributed by atoms with Gasteiger partial charge in [-0.25, -0.2) is 4.79 Å². The molecule has 6 heteroatoms. The second kappa shape index (κ2) is 10.2. The van der Waals surface area contributed by atoms with Crippen LogP contribution in [-0.4, -0.2) is 41.1 Å². The molecule has 0 aromatic heterocycles. The highest BCUT2D eigenvalue weighted by atomic mass is 32.2. The summed E-state index contributed by atoms with van der Waals surface area (Å²) in [6.07, 6.45) is 0.406. The maximum Gasteiger partial charge on any atom is 0.326 e. The lowest BCUT2D eigenvalue weighted by Gasteiger charge is -2.15. The van der Waals surface area contributed by atoms with E-state index in [1.807, 2.05) is 20.8 Å². The number of carbonyl (C=O) groups excluding carboxylic acids is 1. The van der Waals surface area contributed by atoms with Gasteiger partial charge in [0.2, 0.25) is 0 Å². The number of aliphatic carboxylic acids is 1. The monoisotopic (exact) mass is 339 g/mol. The number of rotatable bonds is 10. The smallest absolute Gasteiger partial charge is 0.326 e. The maximum atomic E-state index is 12.2. The van der Waals surface area contributed by atoms with E-state index >= 15 is 0 Å². The van der Waals surface area contributed by atoms with Crippen molar-refractivity contribution in [3.63, 3.8) is 0 Å². The van der Waals surface area contributed by atoms with Crippen molar-refractivity contribution in [1.82, 2.24) is 5.32 Å². The molecular formula is C17H25NO4S. The molecule has 0 fully saturated rings. The summed E-state index contributed by atoms with van der Waals surface area (Å²) in [4.78, 5) is 23.5. The predicted molar refractivity (Wildman–Crippen MR) is 93.3 cm³/mol. The summed E-state index contributed by atoms with van der Waals surface area (Å²) in [5, 5.41) is 11.8. The van der Waals surface area contributed by atoms with Gasteiger partial charge in [0.25, 0.3) is 5.91 Å². The Bertz CT molecular complexity index is 519. The number of ether oxygens (including phenoxy) is 1. The van der Waals surface area contributed by atoms with E-state index in [0.29, 0.717) is 36.0 Å². The molecule has 0 saturated carbocycles. The summed E-state index contributed by atoms with van der Waals surface area (Å²) in [5.74, 6) is 1.22. The first kappa shape index (κ1) is 19.4. The molecule has 0 aliphatic rings. The predicted octanol–water partition coefficient (Wildman–Crippen LogP) is 3.05. The minimum Gasteiger partial charge on any atom is -0.493 e. The van der Waals surface area contributed by atoms with Crippen LogP contribution >= 0.6 is 11.8 Å². The molecule has 0 heterocycles. The normalized spacial score (nSPS) is 12.0. The van der Waals surface area contributed by atoms with Crippen LogP contribution in [0.5, 0.6) is 5.75 Å². The molecule has 128 valence electrons. The van der Waals surface area contributed by atoms with Gasteiger partial charge in [-0.2, -0.15) is 11.8 Å². The average molecular weight is 339 g/mol. The topological polar surface area (TPSA) is 75.6 Å². The first-order valence-electron chi connectivity index (χ1n) is 7.78. The fourth-order valence-corrected chi connectivity index (χ4v) is 2.53. The lowest BCUT2D eigenvalue weighted by Crippen LogP contribution is -2.41. The molecule has 23 heavy (non-hydrogen) atoms. The second-order valence-corrected chi connectivity index (χ2v) is 6.98. The molecule has 0 saturated heterocycles. The number of benzene rings is 1. The third-order valence-corrected chi connectivity index (χ3v) is 3.97. The van der Waals surface area contributed by atoms with Gasteiger partial charge in [0.15, 0.2) is 0 Å². The third kappa shape index (κ3) is 7.41. The molecule has 1 aromatic rings. The summed E-state index contributed by atoms with van der Waals surface area (Å²) in [6.45, 7) is 6.67. The molecule has 1 amide bonds. The molecule has 1 rings (SSSR count). The Morgan fingerprint density at radius 2 is 2.09 bits per heavy atom. The molecule has 0 spiro atoms. The number of carboxylic acid groups (broad SMARTS) is 1. The van der Waals surface area contributed by atoms with E-state index in [1.54, 1.807) is 36.0 Å². The second-order valence-electron chi connectivity index (χ2n) is 5.58. The molecular weight excluding hydrogens is 314 g/mol. The summed E-state index contributed by atoms with van der Waals surface area (Å²) in [5.41, 5.74) is 0.403. The van der Waals surface area contributed by atoms with Crippen LogP contribution in [0.2, 0.25) is 0 Å². The van der Waals surface area contributed by atoms with E-state index in [0.717, 1.165) is 5.75 Å². The van der Waals surface area contributed by atoms with Crippen LogP contribution in [0.15, 0.2) is 24.3 Å². The van der Waals surface area contributed by atoms with Crippen molar-refractivity contribution in [3.05, 3.63) is 29.8 Å². The Kier molecular flexibility index (Phi) is 8.55. The van der Waals surface area contributed by atoms with Gasteiger partial charge in [-0.1, -0.05) is 26.8 Å². The standard InChI is InChI=1S/C17H25NO4S/c1-4-23-9-8-15(17(20)21)18-16(19)13-6-5-7-14(10-13)22-11-12(2)3/h5-7,10,12,15H,4,8-9,11H2,1-3H3,(H,18,19)(H,20,21). The Morgan fingerprint density at radius 3 is 2.70 bits per heavy atom. The van der Waals surface area contributed by atoms with Crippen molar-refractivity contribution in [2.45, 2.75) is 33.2 Å². The van der Waals surface area contributed by atoms with Gasteiger partial charge in [0, 0.05) is 5.56 Å². The van der Waals surface area contributed by atoms with Crippen LogP contribution in [0.4, 0.5) is 0 Å². The van der Waals surface area contributed by atoms with Gasteiger partial charge in [0.05, 0.1) is 6.61 Å². The van der Waals surface area contributed by atoms with Crippen molar-refractivity contribution in [3.8, 4) is 5.75 Å². The summed E-state index contributed by atoms with van der Waals surface area (Å²) in [7, 11) is 0. The first-order chi connectivity index (χ1) is 10.9. The fraction of sp³-hybridized carbons (Fsp3) is 0.529. The van der Waals surface area contributed by atoms with Crippen molar-refractivity contribution >= 4 is 23.6 Å². The zero-order valence-corrected chi connectivity index (χ0v) is 14.7. The van der Waals surface area contributed by atoms with E-state index < -0.39 is 17.9 Å². The summed E-state index contributed by atoms with van der Waals surface area (Å²) < 4.78 is 5.59. The van der Waals surface area contributed by atoms with Crippen LogP contribution in [-0.2, 0) is 4.79 Å². The number of hydrogen-bond donors (Lipinski definition) is 2.